The molecule has 0 aromatic rings. The van der Waals surface area contributed by atoms with Crippen molar-refractivity contribution in [3.05, 3.63) is 0 Å². The van der Waals surface area contributed by atoms with Gasteiger partial charge in [0.2, 0.25) is 0 Å². The third-order valence-corrected chi connectivity index (χ3v) is 6.05. The zero-order valence-corrected chi connectivity index (χ0v) is 11.9. The summed E-state index contributed by atoms with van der Waals surface area (Å²) in [6, 6.07) is 0. The number of fused-ring (bicyclic) bond motifs is 5. The van der Waals surface area contributed by atoms with Crippen molar-refractivity contribution in [3.8, 4) is 0 Å². The number of hydrogen-bond acceptors (Lipinski definition) is 2. The highest BCUT2D eigenvalue weighted by Gasteiger charge is 2.52. The number of carbonyl (C=O) groups excluding carboxylic acids is 1. The van der Waals surface area contributed by atoms with Gasteiger partial charge >= 0.3 is 5.97 Å². The molecule has 3 rings (SSSR count). The average Bonchev–Trinajstić information content (AvgIpc) is 2.99. The molecule has 0 heterocycles. The minimum atomic E-state index is -0.309. The van der Waals surface area contributed by atoms with Crippen LogP contribution in [0.3, 0.4) is 0 Å². The summed E-state index contributed by atoms with van der Waals surface area (Å²) in [6.07, 6.45) is 7.73. The van der Waals surface area contributed by atoms with Crippen molar-refractivity contribution < 1.29 is 9.53 Å². The molecule has 0 aliphatic heterocycles. The summed E-state index contributed by atoms with van der Waals surface area (Å²) in [5.74, 6) is 3.70. The summed E-state index contributed by atoms with van der Waals surface area (Å²) in [5, 5.41) is 0. The van der Waals surface area contributed by atoms with E-state index in [0.29, 0.717) is 0 Å². The van der Waals surface area contributed by atoms with E-state index >= 15 is 0 Å². The molecule has 0 radical (unpaired) electrons. The van der Waals surface area contributed by atoms with E-state index in [0.717, 1.165) is 42.9 Å². The highest BCUT2D eigenvalue weighted by Crippen LogP contribution is 2.59. The molecule has 102 valence electrons. The molecule has 4 unspecified atom stereocenters. The van der Waals surface area contributed by atoms with Crippen LogP contribution in [0.4, 0.5) is 0 Å². The van der Waals surface area contributed by atoms with Crippen LogP contribution >= 0.6 is 0 Å². The quantitative estimate of drug-likeness (QED) is 0.712. The summed E-state index contributed by atoms with van der Waals surface area (Å²) >= 11 is 0. The minimum Gasteiger partial charge on any atom is -0.462 e. The van der Waals surface area contributed by atoms with Crippen LogP contribution < -0.4 is 0 Å². The summed E-state index contributed by atoms with van der Waals surface area (Å²) in [4.78, 5) is 12.1. The predicted molar refractivity (Wildman–Crippen MR) is 71.0 cm³/mol. The topological polar surface area (TPSA) is 26.3 Å². The second-order valence-electron chi connectivity index (χ2n) is 7.40. The molecule has 0 aromatic heterocycles. The lowest BCUT2D eigenvalue weighted by Gasteiger charge is -2.24. The molecule has 0 saturated heterocycles. The van der Waals surface area contributed by atoms with Crippen LogP contribution in [0.1, 0.15) is 59.3 Å². The van der Waals surface area contributed by atoms with Crippen molar-refractivity contribution in [2.75, 3.05) is 0 Å². The monoisotopic (exact) mass is 250 g/mol. The SMILES string of the molecule is CCC(C)(C)C(=O)OC1CC2C3CCC(C3)C2C1. The van der Waals surface area contributed by atoms with Crippen molar-refractivity contribution in [3.63, 3.8) is 0 Å². The fraction of sp³-hybridized carbons (Fsp3) is 0.938. The maximum absolute atomic E-state index is 12.1. The van der Waals surface area contributed by atoms with Gasteiger partial charge in [0.1, 0.15) is 6.10 Å². The number of ether oxygens (including phenoxy) is 1. The molecule has 0 aromatic carbocycles. The second-order valence-corrected chi connectivity index (χ2v) is 7.40. The average molecular weight is 250 g/mol. The van der Waals surface area contributed by atoms with Crippen LogP contribution in [0, 0.1) is 29.1 Å². The van der Waals surface area contributed by atoms with Crippen LogP contribution in [0.15, 0.2) is 0 Å². The molecule has 0 amide bonds. The zero-order chi connectivity index (χ0) is 12.9. The van der Waals surface area contributed by atoms with E-state index in [1.54, 1.807) is 0 Å². The normalized spacial score (nSPS) is 42.1. The molecule has 3 aliphatic rings. The maximum atomic E-state index is 12.1. The highest BCUT2D eigenvalue weighted by molar-refractivity contribution is 5.76. The molecule has 2 nitrogen and oxygen atoms in total. The number of hydrogen-bond donors (Lipinski definition) is 0. The van der Waals surface area contributed by atoms with E-state index in [1.807, 2.05) is 13.8 Å². The summed E-state index contributed by atoms with van der Waals surface area (Å²) in [7, 11) is 0. The van der Waals surface area contributed by atoms with Crippen molar-refractivity contribution in [2.45, 2.75) is 65.4 Å². The third kappa shape index (κ3) is 1.88. The Labute approximate surface area is 110 Å². The summed E-state index contributed by atoms with van der Waals surface area (Å²) in [6.45, 7) is 6.05. The predicted octanol–water partition coefficient (Wildman–Crippen LogP) is 3.79. The number of carbonyl (C=O) groups is 1. The first-order valence-corrected chi connectivity index (χ1v) is 7.72. The Kier molecular flexibility index (Phi) is 2.95. The Hall–Kier alpha value is -0.530. The molecule has 18 heavy (non-hydrogen) atoms. The number of rotatable bonds is 3. The first-order valence-electron chi connectivity index (χ1n) is 7.72. The smallest absolute Gasteiger partial charge is 0.311 e. The largest absolute Gasteiger partial charge is 0.462 e. The van der Waals surface area contributed by atoms with Gasteiger partial charge in [-0.05, 0) is 76.0 Å². The summed E-state index contributed by atoms with van der Waals surface area (Å²) in [5.41, 5.74) is -0.309. The van der Waals surface area contributed by atoms with Gasteiger partial charge in [0.05, 0.1) is 5.41 Å². The molecular formula is C16H26O2. The lowest BCUT2D eigenvalue weighted by molar-refractivity contribution is -0.159. The fourth-order valence-corrected chi connectivity index (χ4v) is 4.52. The maximum Gasteiger partial charge on any atom is 0.311 e. The standard InChI is InChI=1S/C16H26O2/c1-4-16(2,3)15(17)18-12-8-13-10-5-6-11(7-10)14(13)9-12/h10-14H,4-9H2,1-3H3. The molecule has 3 saturated carbocycles. The summed E-state index contributed by atoms with van der Waals surface area (Å²) < 4.78 is 5.79. The Bertz CT molecular complexity index is 329. The Morgan fingerprint density at radius 2 is 1.67 bits per heavy atom. The first-order chi connectivity index (χ1) is 8.51. The zero-order valence-electron chi connectivity index (χ0n) is 11.9. The Morgan fingerprint density at radius 1 is 1.11 bits per heavy atom. The van der Waals surface area contributed by atoms with E-state index in [2.05, 4.69) is 6.92 Å². The van der Waals surface area contributed by atoms with E-state index in [4.69, 9.17) is 4.74 Å². The molecule has 0 N–H and O–H groups in total. The fourth-order valence-electron chi connectivity index (χ4n) is 4.52. The van der Waals surface area contributed by atoms with Crippen molar-refractivity contribution in [2.24, 2.45) is 29.1 Å². The Balaban J connectivity index is 1.59. The van der Waals surface area contributed by atoms with Crippen LogP contribution in [0.2, 0.25) is 0 Å². The van der Waals surface area contributed by atoms with Gasteiger partial charge in [-0.15, -0.1) is 0 Å². The molecule has 3 fully saturated rings. The molecule has 3 aliphatic carbocycles. The molecule has 0 spiro atoms. The van der Waals surface area contributed by atoms with Gasteiger partial charge < -0.3 is 4.74 Å². The molecule has 2 bridgehead atoms. The van der Waals surface area contributed by atoms with Crippen LogP contribution in [0.5, 0.6) is 0 Å². The van der Waals surface area contributed by atoms with Gasteiger partial charge in [-0.1, -0.05) is 6.92 Å². The number of esters is 1. The van der Waals surface area contributed by atoms with Crippen molar-refractivity contribution in [1.29, 1.82) is 0 Å². The van der Waals surface area contributed by atoms with E-state index in [9.17, 15) is 4.79 Å². The van der Waals surface area contributed by atoms with Crippen LogP contribution in [-0.2, 0) is 9.53 Å². The first kappa shape index (κ1) is 12.5. The Morgan fingerprint density at radius 3 is 2.17 bits per heavy atom. The van der Waals surface area contributed by atoms with Crippen molar-refractivity contribution in [1.82, 2.24) is 0 Å². The van der Waals surface area contributed by atoms with Crippen LogP contribution in [-0.4, -0.2) is 12.1 Å². The highest BCUT2D eigenvalue weighted by atomic mass is 16.5. The lowest BCUT2D eigenvalue weighted by Crippen LogP contribution is -2.29. The van der Waals surface area contributed by atoms with Gasteiger partial charge in [-0.25, -0.2) is 0 Å². The molecular weight excluding hydrogens is 224 g/mol. The van der Waals surface area contributed by atoms with Crippen molar-refractivity contribution >= 4 is 5.97 Å². The van der Waals surface area contributed by atoms with E-state index in [-0.39, 0.29) is 17.5 Å². The van der Waals surface area contributed by atoms with Crippen LogP contribution in [0.25, 0.3) is 0 Å². The van der Waals surface area contributed by atoms with Gasteiger partial charge in [-0.2, -0.15) is 0 Å². The minimum absolute atomic E-state index is 0.0160. The van der Waals surface area contributed by atoms with Gasteiger partial charge in [0, 0.05) is 0 Å². The lowest BCUT2D eigenvalue weighted by atomic mass is 9.82. The van der Waals surface area contributed by atoms with E-state index < -0.39 is 0 Å². The molecule has 4 atom stereocenters. The third-order valence-electron chi connectivity index (χ3n) is 6.05. The second kappa shape index (κ2) is 4.25. The van der Waals surface area contributed by atoms with E-state index in [1.165, 1.54) is 19.3 Å². The van der Waals surface area contributed by atoms with Gasteiger partial charge in [0.15, 0.2) is 0 Å². The molecule has 2 heteroatoms. The van der Waals surface area contributed by atoms with Gasteiger partial charge in [0.25, 0.3) is 0 Å². The van der Waals surface area contributed by atoms with Gasteiger partial charge in [-0.3, -0.25) is 4.79 Å².